The molecule has 7 heteroatoms. The summed E-state index contributed by atoms with van der Waals surface area (Å²) in [7, 11) is 0. The Hall–Kier alpha value is -3.25. The summed E-state index contributed by atoms with van der Waals surface area (Å²) in [5.41, 5.74) is 4.72. The van der Waals surface area contributed by atoms with Crippen LogP contribution in [-0.2, 0) is 6.42 Å². The van der Waals surface area contributed by atoms with Gasteiger partial charge in [-0.25, -0.2) is 18.7 Å². The summed E-state index contributed by atoms with van der Waals surface area (Å²) < 4.78 is 27.5. The SMILES string of the molecule is C=Cc1ccc(C2c3[nH]c4cc(F)c(Cl)cc4c3CCN2c2ncc(F)cn2)cc1. The molecule has 1 aliphatic rings. The Bertz CT molecular complexity index is 1250. The lowest BCUT2D eigenvalue weighted by molar-refractivity contribution is 0.596. The number of aromatic amines is 1. The fourth-order valence-electron chi connectivity index (χ4n) is 4.12. The van der Waals surface area contributed by atoms with Crippen molar-refractivity contribution < 1.29 is 8.78 Å². The Morgan fingerprint density at radius 1 is 1.13 bits per heavy atom. The van der Waals surface area contributed by atoms with Gasteiger partial charge in [-0.2, -0.15) is 0 Å². The van der Waals surface area contributed by atoms with Crippen LogP contribution in [-0.4, -0.2) is 21.5 Å². The van der Waals surface area contributed by atoms with E-state index in [1.165, 1.54) is 6.07 Å². The quantitative estimate of drug-likeness (QED) is 0.461. The molecule has 0 amide bonds. The number of nitrogens with one attached hydrogen (secondary N) is 1. The lowest BCUT2D eigenvalue weighted by atomic mass is 9.92. The van der Waals surface area contributed by atoms with Crippen molar-refractivity contribution in [1.29, 1.82) is 0 Å². The normalized spacial score (nSPS) is 16.0. The van der Waals surface area contributed by atoms with Crippen LogP contribution >= 0.6 is 11.6 Å². The smallest absolute Gasteiger partial charge is 0.226 e. The van der Waals surface area contributed by atoms with Gasteiger partial charge in [-0.3, -0.25) is 0 Å². The van der Waals surface area contributed by atoms with Crippen molar-refractivity contribution in [3.8, 4) is 0 Å². The summed E-state index contributed by atoms with van der Waals surface area (Å²) in [5, 5.41) is 1.00. The number of benzene rings is 2. The van der Waals surface area contributed by atoms with Crippen LogP contribution in [0.2, 0.25) is 5.02 Å². The summed E-state index contributed by atoms with van der Waals surface area (Å²) in [6.45, 7) is 4.42. The zero-order valence-corrected chi connectivity index (χ0v) is 16.6. The van der Waals surface area contributed by atoms with Crippen LogP contribution in [0, 0.1) is 11.6 Å². The summed E-state index contributed by atoms with van der Waals surface area (Å²) >= 11 is 6.05. The lowest BCUT2D eigenvalue weighted by Gasteiger charge is -2.36. The Balaban J connectivity index is 1.71. The highest BCUT2D eigenvalue weighted by molar-refractivity contribution is 6.31. The number of H-pyrrole nitrogens is 1. The van der Waals surface area contributed by atoms with Gasteiger partial charge in [0.25, 0.3) is 0 Å². The highest BCUT2D eigenvalue weighted by Crippen LogP contribution is 2.40. The number of hydrogen-bond donors (Lipinski definition) is 1. The van der Waals surface area contributed by atoms with Gasteiger partial charge in [0, 0.05) is 23.1 Å². The largest absolute Gasteiger partial charge is 0.356 e. The van der Waals surface area contributed by atoms with E-state index in [0.29, 0.717) is 24.4 Å². The van der Waals surface area contributed by atoms with Gasteiger partial charge in [0.1, 0.15) is 5.82 Å². The van der Waals surface area contributed by atoms with E-state index >= 15 is 0 Å². The molecule has 0 aliphatic carbocycles. The molecule has 3 heterocycles. The van der Waals surface area contributed by atoms with Crippen molar-refractivity contribution in [3.63, 3.8) is 0 Å². The third-order valence-electron chi connectivity index (χ3n) is 5.52. The van der Waals surface area contributed by atoms with Crippen LogP contribution < -0.4 is 4.90 Å². The molecule has 30 heavy (non-hydrogen) atoms. The molecule has 0 fully saturated rings. The van der Waals surface area contributed by atoms with E-state index in [1.807, 2.05) is 29.2 Å². The van der Waals surface area contributed by atoms with Crippen molar-refractivity contribution in [2.45, 2.75) is 12.5 Å². The van der Waals surface area contributed by atoms with Crippen molar-refractivity contribution in [2.24, 2.45) is 0 Å². The molecule has 0 saturated heterocycles. The molecular formula is C23H17ClF2N4. The molecule has 1 N–H and O–H groups in total. The van der Waals surface area contributed by atoms with Crippen LogP contribution in [0.5, 0.6) is 0 Å². The number of nitrogens with zero attached hydrogens (tertiary/aromatic N) is 3. The fraction of sp³-hybridized carbons (Fsp3) is 0.130. The Morgan fingerprint density at radius 3 is 2.57 bits per heavy atom. The first-order chi connectivity index (χ1) is 14.5. The summed E-state index contributed by atoms with van der Waals surface area (Å²) in [5.74, 6) is -0.518. The van der Waals surface area contributed by atoms with Crippen LogP contribution in [0.4, 0.5) is 14.7 Å². The second kappa shape index (κ2) is 7.22. The fourth-order valence-corrected chi connectivity index (χ4v) is 4.28. The third kappa shape index (κ3) is 3.04. The van der Waals surface area contributed by atoms with Gasteiger partial charge in [-0.05, 0) is 35.2 Å². The van der Waals surface area contributed by atoms with E-state index in [0.717, 1.165) is 40.2 Å². The van der Waals surface area contributed by atoms with E-state index < -0.39 is 11.6 Å². The first-order valence-electron chi connectivity index (χ1n) is 9.51. The van der Waals surface area contributed by atoms with Gasteiger partial charge in [0.2, 0.25) is 5.95 Å². The molecule has 150 valence electrons. The van der Waals surface area contributed by atoms with Gasteiger partial charge in [0.05, 0.1) is 23.5 Å². The van der Waals surface area contributed by atoms with E-state index in [-0.39, 0.29) is 11.1 Å². The predicted molar refractivity (Wildman–Crippen MR) is 115 cm³/mol. The molecule has 0 bridgehead atoms. The maximum absolute atomic E-state index is 14.1. The second-order valence-corrected chi connectivity index (χ2v) is 7.65. The molecule has 4 aromatic rings. The second-order valence-electron chi connectivity index (χ2n) is 7.25. The van der Waals surface area contributed by atoms with E-state index in [9.17, 15) is 8.78 Å². The molecule has 1 atom stereocenters. The van der Waals surface area contributed by atoms with Crippen LogP contribution in [0.1, 0.15) is 28.4 Å². The number of fused-ring (bicyclic) bond motifs is 3. The van der Waals surface area contributed by atoms with E-state index in [1.54, 1.807) is 12.1 Å². The molecule has 4 nitrogen and oxygen atoms in total. The zero-order chi connectivity index (χ0) is 20.8. The van der Waals surface area contributed by atoms with Gasteiger partial charge in [-0.15, -0.1) is 0 Å². The Labute approximate surface area is 176 Å². The van der Waals surface area contributed by atoms with Gasteiger partial charge < -0.3 is 9.88 Å². The minimum atomic E-state index is -0.487. The average Bonchev–Trinajstić information content (AvgIpc) is 3.11. The van der Waals surface area contributed by atoms with Gasteiger partial charge in [-0.1, -0.05) is 48.5 Å². The first kappa shape index (κ1) is 18.8. The molecule has 1 unspecified atom stereocenters. The highest BCUT2D eigenvalue weighted by atomic mass is 35.5. The molecule has 5 rings (SSSR count). The van der Waals surface area contributed by atoms with Gasteiger partial charge >= 0.3 is 0 Å². The van der Waals surface area contributed by atoms with Crippen LogP contribution in [0.3, 0.4) is 0 Å². The monoisotopic (exact) mass is 422 g/mol. The number of halogens is 3. The molecule has 0 saturated carbocycles. The summed E-state index contributed by atoms with van der Waals surface area (Å²) in [6.07, 6.45) is 4.80. The van der Waals surface area contributed by atoms with Crippen LogP contribution in [0.25, 0.3) is 17.0 Å². The molecule has 1 aliphatic heterocycles. The minimum Gasteiger partial charge on any atom is -0.356 e. The molecule has 2 aromatic heterocycles. The number of rotatable bonds is 3. The molecule has 0 radical (unpaired) electrons. The number of anilines is 1. The molecular weight excluding hydrogens is 406 g/mol. The van der Waals surface area contributed by atoms with Crippen LogP contribution in [0.15, 0.2) is 55.4 Å². The minimum absolute atomic E-state index is 0.0977. The van der Waals surface area contributed by atoms with Crippen molar-refractivity contribution >= 4 is 34.5 Å². The molecule has 2 aromatic carbocycles. The van der Waals surface area contributed by atoms with E-state index in [2.05, 4.69) is 21.5 Å². The van der Waals surface area contributed by atoms with Crippen molar-refractivity contribution in [3.05, 3.63) is 94.4 Å². The maximum Gasteiger partial charge on any atom is 0.226 e. The topological polar surface area (TPSA) is 44.8 Å². The Morgan fingerprint density at radius 2 is 1.87 bits per heavy atom. The summed E-state index contributed by atoms with van der Waals surface area (Å²) in [4.78, 5) is 13.8. The predicted octanol–water partition coefficient (Wildman–Crippen LogP) is 5.68. The Kier molecular flexibility index (Phi) is 4.51. The summed E-state index contributed by atoms with van der Waals surface area (Å²) in [6, 6.07) is 10.9. The van der Waals surface area contributed by atoms with Crippen molar-refractivity contribution in [2.75, 3.05) is 11.4 Å². The number of hydrogen-bond acceptors (Lipinski definition) is 3. The van der Waals surface area contributed by atoms with Crippen molar-refractivity contribution in [1.82, 2.24) is 15.0 Å². The molecule has 0 spiro atoms. The van der Waals surface area contributed by atoms with Gasteiger partial charge in [0.15, 0.2) is 5.82 Å². The lowest BCUT2D eigenvalue weighted by Crippen LogP contribution is -2.37. The zero-order valence-electron chi connectivity index (χ0n) is 15.9. The number of aromatic nitrogens is 3. The first-order valence-corrected chi connectivity index (χ1v) is 9.89. The standard InChI is InChI=1S/C23H17ClF2N4/c1-2-13-3-5-14(6-4-13)22-21-16(17-9-18(24)19(26)10-20(17)29-21)7-8-30(22)23-27-11-15(25)12-28-23/h2-6,9-12,22,29H,1,7-8H2. The average molecular weight is 423 g/mol. The highest BCUT2D eigenvalue weighted by Gasteiger charge is 2.33. The third-order valence-corrected chi connectivity index (χ3v) is 5.81. The maximum atomic E-state index is 14.1. The van der Waals surface area contributed by atoms with E-state index in [4.69, 9.17) is 11.6 Å².